The summed E-state index contributed by atoms with van der Waals surface area (Å²) in [5.74, 6) is 0. The average molecular weight is 354 g/mol. The highest BCUT2D eigenvalue weighted by molar-refractivity contribution is 5.31. The number of hydrogen-bond donors (Lipinski definition) is 1. The predicted octanol–water partition coefficient (Wildman–Crippen LogP) is 6.37. The van der Waals surface area contributed by atoms with Crippen molar-refractivity contribution in [2.45, 2.75) is 6.42 Å². The Bertz CT molecular complexity index is 729. The molecule has 0 aromatic carbocycles. The SMILES string of the molecule is C1=C\C=C/C=C\C(CCNC2=C\C=C/C=C\C=C/C=C\C=C2)=C/C=C\C=C1. The van der Waals surface area contributed by atoms with E-state index in [4.69, 9.17) is 0 Å². The van der Waals surface area contributed by atoms with E-state index in [0.717, 1.165) is 18.7 Å². The third-order valence-electron chi connectivity index (χ3n) is 3.69. The first-order valence-corrected chi connectivity index (χ1v) is 9.28. The molecular formula is C26H27N. The normalized spacial score (nSPS) is 27.1. The Morgan fingerprint density at radius 1 is 0.444 bits per heavy atom. The van der Waals surface area contributed by atoms with Crippen molar-refractivity contribution < 1.29 is 0 Å². The van der Waals surface area contributed by atoms with E-state index in [0.29, 0.717) is 0 Å². The summed E-state index contributed by atoms with van der Waals surface area (Å²) in [6, 6.07) is 0. The Kier molecular flexibility index (Phi) is 10.3. The molecule has 0 spiro atoms. The van der Waals surface area contributed by atoms with E-state index < -0.39 is 0 Å². The fraction of sp³-hybridized carbons (Fsp3) is 0.0769. The molecule has 0 atom stereocenters. The van der Waals surface area contributed by atoms with Gasteiger partial charge in [-0.3, -0.25) is 0 Å². The molecule has 0 aromatic heterocycles. The second-order valence-corrected chi connectivity index (χ2v) is 5.84. The second kappa shape index (κ2) is 13.9. The topological polar surface area (TPSA) is 12.0 Å². The summed E-state index contributed by atoms with van der Waals surface area (Å²) in [5.41, 5.74) is 2.37. The highest BCUT2D eigenvalue weighted by Crippen LogP contribution is 2.06. The van der Waals surface area contributed by atoms with Crippen molar-refractivity contribution in [3.8, 4) is 0 Å². The van der Waals surface area contributed by atoms with Crippen molar-refractivity contribution in [2.75, 3.05) is 6.54 Å². The molecule has 2 aliphatic carbocycles. The van der Waals surface area contributed by atoms with E-state index in [1.54, 1.807) is 0 Å². The molecule has 136 valence electrons. The maximum Gasteiger partial charge on any atom is 0.0340 e. The third kappa shape index (κ3) is 10.3. The van der Waals surface area contributed by atoms with Gasteiger partial charge in [0, 0.05) is 12.2 Å². The molecule has 1 heteroatoms. The summed E-state index contributed by atoms with van der Waals surface area (Å²) < 4.78 is 0. The van der Waals surface area contributed by atoms with E-state index in [-0.39, 0.29) is 0 Å². The molecule has 0 aliphatic heterocycles. The van der Waals surface area contributed by atoms with Crippen LogP contribution in [0.25, 0.3) is 0 Å². The van der Waals surface area contributed by atoms with Gasteiger partial charge in [0.25, 0.3) is 0 Å². The van der Waals surface area contributed by atoms with E-state index in [1.165, 1.54) is 5.57 Å². The van der Waals surface area contributed by atoms with Crippen molar-refractivity contribution in [1.82, 2.24) is 5.32 Å². The Balaban J connectivity index is 1.97. The Morgan fingerprint density at radius 2 is 0.889 bits per heavy atom. The van der Waals surface area contributed by atoms with E-state index in [1.807, 2.05) is 97.2 Å². The summed E-state index contributed by atoms with van der Waals surface area (Å²) in [7, 11) is 0. The lowest BCUT2D eigenvalue weighted by Gasteiger charge is -2.07. The second-order valence-electron chi connectivity index (χ2n) is 5.84. The van der Waals surface area contributed by atoms with Crippen molar-refractivity contribution >= 4 is 0 Å². The van der Waals surface area contributed by atoms with Crippen LogP contribution in [0.2, 0.25) is 0 Å². The maximum atomic E-state index is 3.51. The number of hydrogen-bond acceptors (Lipinski definition) is 1. The average Bonchev–Trinajstić information content (AvgIpc) is 2.65. The lowest BCUT2D eigenvalue weighted by Crippen LogP contribution is -2.13. The summed E-state index contributed by atoms with van der Waals surface area (Å²) in [4.78, 5) is 0. The van der Waals surface area contributed by atoms with Crippen molar-refractivity contribution in [1.29, 1.82) is 0 Å². The van der Waals surface area contributed by atoms with Gasteiger partial charge in [-0.2, -0.15) is 0 Å². The first-order chi connectivity index (χ1) is 13.4. The summed E-state index contributed by atoms with van der Waals surface area (Å²) >= 11 is 0. The lowest BCUT2D eigenvalue weighted by atomic mass is 10.1. The number of allylic oxidation sites excluding steroid dienone is 22. The molecule has 0 amide bonds. The van der Waals surface area contributed by atoms with Gasteiger partial charge in [-0.1, -0.05) is 122 Å². The van der Waals surface area contributed by atoms with Gasteiger partial charge >= 0.3 is 0 Å². The summed E-state index contributed by atoms with van der Waals surface area (Å²) in [5, 5.41) is 3.51. The zero-order valence-corrected chi connectivity index (χ0v) is 15.6. The van der Waals surface area contributed by atoms with E-state index >= 15 is 0 Å². The highest BCUT2D eigenvalue weighted by Gasteiger charge is 1.94. The van der Waals surface area contributed by atoms with Crippen LogP contribution in [0, 0.1) is 0 Å². The summed E-state index contributed by atoms with van der Waals surface area (Å²) in [6.07, 6.45) is 46.1. The van der Waals surface area contributed by atoms with Gasteiger partial charge in [0.05, 0.1) is 0 Å². The monoisotopic (exact) mass is 353 g/mol. The minimum absolute atomic E-state index is 0.868. The predicted molar refractivity (Wildman–Crippen MR) is 120 cm³/mol. The van der Waals surface area contributed by atoms with E-state index in [9.17, 15) is 0 Å². The van der Waals surface area contributed by atoms with Gasteiger partial charge in [-0.15, -0.1) is 0 Å². The van der Waals surface area contributed by atoms with E-state index in [2.05, 4.69) is 41.8 Å². The Hall–Kier alpha value is -3.32. The Labute approximate surface area is 163 Å². The zero-order valence-electron chi connectivity index (χ0n) is 15.6. The lowest BCUT2D eigenvalue weighted by molar-refractivity contribution is 0.807. The van der Waals surface area contributed by atoms with Crippen molar-refractivity contribution in [2.24, 2.45) is 0 Å². The maximum absolute atomic E-state index is 3.51. The first kappa shape index (κ1) is 20.0. The van der Waals surface area contributed by atoms with Gasteiger partial charge in [0.1, 0.15) is 0 Å². The molecule has 0 radical (unpaired) electrons. The molecular weight excluding hydrogens is 326 g/mol. The fourth-order valence-electron chi connectivity index (χ4n) is 2.32. The molecule has 1 nitrogen and oxygen atoms in total. The quantitative estimate of drug-likeness (QED) is 0.619. The van der Waals surface area contributed by atoms with Crippen LogP contribution < -0.4 is 5.32 Å². The van der Waals surface area contributed by atoms with Crippen LogP contribution >= 0.6 is 0 Å². The van der Waals surface area contributed by atoms with Crippen molar-refractivity contribution in [3.05, 3.63) is 145 Å². The van der Waals surface area contributed by atoms with Crippen LogP contribution in [-0.2, 0) is 0 Å². The summed E-state index contributed by atoms with van der Waals surface area (Å²) in [6.45, 7) is 0.868. The van der Waals surface area contributed by atoms with Gasteiger partial charge in [0.2, 0.25) is 0 Å². The Morgan fingerprint density at radius 3 is 1.48 bits per heavy atom. The van der Waals surface area contributed by atoms with Crippen LogP contribution in [0.4, 0.5) is 0 Å². The zero-order chi connectivity index (χ0) is 18.8. The molecule has 0 saturated carbocycles. The highest BCUT2D eigenvalue weighted by atomic mass is 14.9. The van der Waals surface area contributed by atoms with Gasteiger partial charge in [0.15, 0.2) is 0 Å². The minimum Gasteiger partial charge on any atom is -0.385 e. The molecule has 0 fully saturated rings. The standard InChI is InChI=1S/C26H27N/c1-3-7-11-15-19-25(20-16-12-8-4-1)23-24-27-26-21-17-13-9-5-2-6-10-14-18-22-26/h1-22,27H,23-24H2/b3-1?,4-1?,5-2-,6-2?,7-3?,8-4?,9-5?,10-6-,11-7-,12-8?,13-9-,14-10?,15-11?,16-12-,17-13?,18-14-,19-15-,20-16?,21-17?,22-18?,25-19?,25-20+,26-21?,26-22?. The molecule has 0 heterocycles. The smallest absolute Gasteiger partial charge is 0.0340 e. The van der Waals surface area contributed by atoms with Crippen LogP contribution in [0.3, 0.4) is 0 Å². The molecule has 0 saturated heterocycles. The van der Waals surface area contributed by atoms with Crippen LogP contribution in [0.15, 0.2) is 145 Å². The van der Waals surface area contributed by atoms with Gasteiger partial charge in [-0.25, -0.2) is 0 Å². The molecule has 2 rings (SSSR count). The molecule has 2 aliphatic rings. The third-order valence-corrected chi connectivity index (χ3v) is 3.69. The fourth-order valence-corrected chi connectivity index (χ4v) is 2.32. The van der Waals surface area contributed by atoms with Crippen molar-refractivity contribution in [3.63, 3.8) is 0 Å². The number of nitrogens with one attached hydrogen (secondary N) is 1. The first-order valence-electron chi connectivity index (χ1n) is 9.28. The number of rotatable bonds is 4. The molecule has 0 aromatic rings. The molecule has 27 heavy (non-hydrogen) atoms. The van der Waals surface area contributed by atoms with Crippen LogP contribution in [0.5, 0.6) is 0 Å². The largest absolute Gasteiger partial charge is 0.385 e. The molecule has 1 N–H and O–H groups in total. The minimum atomic E-state index is 0.868. The van der Waals surface area contributed by atoms with Crippen LogP contribution in [-0.4, -0.2) is 6.54 Å². The van der Waals surface area contributed by atoms with Gasteiger partial charge < -0.3 is 5.32 Å². The molecule has 0 unspecified atom stereocenters. The van der Waals surface area contributed by atoms with Gasteiger partial charge in [-0.05, 0) is 24.1 Å². The molecule has 0 bridgehead atoms. The van der Waals surface area contributed by atoms with Crippen LogP contribution in [0.1, 0.15) is 6.42 Å².